The number of aromatic hydroxyl groups is 1. The molecule has 20 heavy (non-hydrogen) atoms. The molecule has 0 bridgehead atoms. The van der Waals surface area contributed by atoms with Gasteiger partial charge in [-0.15, -0.1) is 5.10 Å². The number of nitrogens with one attached hydrogen (secondary N) is 2. The third kappa shape index (κ3) is 2.79. The molecule has 0 fully saturated rings. The Hall–Kier alpha value is -2.77. The van der Waals surface area contributed by atoms with Crippen molar-refractivity contribution in [2.75, 3.05) is 19.0 Å². The molecule has 0 saturated heterocycles. The van der Waals surface area contributed by atoms with Crippen LogP contribution in [0.15, 0.2) is 18.2 Å². The predicted molar refractivity (Wildman–Crippen MR) is 70.2 cm³/mol. The SMILES string of the molecule is CCOc1n[nH]c(NC(=O)c2cccc(OC)c2O)n1. The molecular weight excluding hydrogens is 264 g/mol. The standard InChI is InChI=1S/C12H14N4O4/c1-3-20-12-14-11(15-16-12)13-10(18)7-5-4-6-8(19-2)9(7)17/h4-6,17H,3H2,1-2H3,(H2,13,14,15,16,18). The Bertz CT molecular complexity index is 611. The average Bonchev–Trinajstić information content (AvgIpc) is 2.86. The van der Waals surface area contributed by atoms with E-state index in [0.29, 0.717) is 6.61 Å². The summed E-state index contributed by atoms with van der Waals surface area (Å²) in [4.78, 5) is 15.9. The molecule has 8 nitrogen and oxygen atoms in total. The summed E-state index contributed by atoms with van der Waals surface area (Å²) < 4.78 is 10.00. The summed E-state index contributed by atoms with van der Waals surface area (Å²) in [5.41, 5.74) is 0.0682. The first-order valence-electron chi connectivity index (χ1n) is 5.88. The number of phenols is 1. The van der Waals surface area contributed by atoms with E-state index < -0.39 is 5.91 Å². The van der Waals surface area contributed by atoms with Crippen molar-refractivity contribution < 1.29 is 19.4 Å². The Morgan fingerprint density at radius 2 is 2.30 bits per heavy atom. The monoisotopic (exact) mass is 278 g/mol. The van der Waals surface area contributed by atoms with E-state index in [1.807, 2.05) is 0 Å². The lowest BCUT2D eigenvalue weighted by Gasteiger charge is -2.07. The van der Waals surface area contributed by atoms with Crippen molar-refractivity contribution in [3.05, 3.63) is 23.8 Å². The molecule has 1 heterocycles. The van der Waals surface area contributed by atoms with Gasteiger partial charge >= 0.3 is 6.01 Å². The van der Waals surface area contributed by atoms with Gasteiger partial charge in [0.05, 0.1) is 19.3 Å². The number of aromatic amines is 1. The minimum atomic E-state index is -0.541. The van der Waals surface area contributed by atoms with Crippen LogP contribution in [0, 0.1) is 0 Å². The van der Waals surface area contributed by atoms with Crippen molar-refractivity contribution in [1.82, 2.24) is 15.2 Å². The van der Waals surface area contributed by atoms with Gasteiger partial charge in [-0.3, -0.25) is 10.1 Å². The summed E-state index contributed by atoms with van der Waals surface area (Å²) in [6.45, 7) is 2.21. The maximum Gasteiger partial charge on any atom is 0.337 e. The molecule has 0 aliphatic carbocycles. The highest BCUT2D eigenvalue weighted by Gasteiger charge is 2.16. The van der Waals surface area contributed by atoms with Crippen LogP contribution in [0.2, 0.25) is 0 Å². The quantitative estimate of drug-likeness (QED) is 0.757. The second kappa shape index (κ2) is 5.91. The molecule has 1 amide bonds. The lowest BCUT2D eigenvalue weighted by Crippen LogP contribution is -2.13. The van der Waals surface area contributed by atoms with E-state index in [4.69, 9.17) is 9.47 Å². The van der Waals surface area contributed by atoms with E-state index in [9.17, 15) is 9.90 Å². The van der Waals surface area contributed by atoms with E-state index in [1.54, 1.807) is 19.1 Å². The van der Waals surface area contributed by atoms with Crippen molar-refractivity contribution in [3.8, 4) is 17.5 Å². The molecule has 8 heteroatoms. The second-order valence-corrected chi connectivity index (χ2v) is 3.71. The van der Waals surface area contributed by atoms with Crippen LogP contribution in [0.4, 0.5) is 5.95 Å². The summed E-state index contributed by atoms with van der Waals surface area (Å²) in [5, 5.41) is 18.6. The van der Waals surface area contributed by atoms with Crippen molar-refractivity contribution in [2.24, 2.45) is 0 Å². The zero-order valence-electron chi connectivity index (χ0n) is 11.0. The van der Waals surface area contributed by atoms with Gasteiger partial charge in [0.1, 0.15) is 0 Å². The lowest BCUT2D eigenvalue weighted by molar-refractivity contribution is 0.102. The Balaban J connectivity index is 2.15. The van der Waals surface area contributed by atoms with E-state index in [1.165, 1.54) is 13.2 Å². The number of hydrogen-bond donors (Lipinski definition) is 3. The molecule has 1 aromatic carbocycles. The number of carbonyl (C=O) groups excluding carboxylic acids is 1. The van der Waals surface area contributed by atoms with Crippen LogP contribution in [0.3, 0.4) is 0 Å². The summed E-state index contributed by atoms with van der Waals surface area (Å²) in [5.74, 6) is -0.441. The Labute approximate surface area is 114 Å². The van der Waals surface area contributed by atoms with Gasteiger partial charge in [-0.2, -0.15) is 4.98 Å². The van der Waals surface area contributed by atoms with Gasteiger partial charge in [-0.1, -0.05) is 6.07 Å². The van der Waals surface area contributed by atoms with Gasteiger partial charge in [0.15, 0.2) is 11.5 Å². The fourth-order valence-electron chi connectivity index (χ4n) is 1.54. The Morgan fingerprint density at radius 3 is 3.00 bits per heavy atom. The number of anilines is 1. The van der Waals surface area contributed by atoms with Crippen LogP contribution in [0.5, 0.6) is 17.5 Å². The van der Waals surface area contributed by atoms with Gasteiger partial charge in [0.2, 0.25) is 5.95 Å². The van der Waals surface area contributed by atoms with Gasteiger partial charge in [0, 0.05) is 0 Å². The van der Waals surface area contributed by atoms with Gasteiger partial charge in [-0.05, 0) is 19.1 Å². The minimum Gasteiger partial charge on any atom is -0.504 e. The molecule has 0 aliphatic heterocycles. The molecule has 3 N–H and O–H groups in total. The van der Waals surface area contributed by atoms with Crippen LogP contribution in [0.25, 0.3) is 0 Å². The van der Waals surface area contributed by atoms with Gasteiger partial charge in [-0.25, -0.2) is 5.10 Å². The Kier molecular flexibility index (Phi) is 4.04. The minimum absolute atomic E-state index is 0.0682. The van der Waals surface area contributed by atoms with Crippen molar-refractivity contribution >= 4 is 11.9 Å². The molecule has 0 saturated carbocycles. The maximum absolute atomic E-state index is 12.0. The number of rotatable bonds is 5. The molecule has 0 unspecified atom stereocenters. The number of ether oxygens (including phenoxy) is 2. The fraction of sp³-hybridized carbons (Fsp3) is 0.250. The average molecular weight is 278 g/mol. The number of amides is 1. The largest absolute Gasteiger partial charge is 0.504 e. The predicted octanol–water partition coefficient (Wildman–Crippen LogP) is 1.17. The van der Waals surface area contributed by atoms with E-state index in [-0.39, 0.29) is 29.0 Å². The van der Waals surface area contributed by atoms with Gasteiger partial charge < -0.3 is 14.6 Å². The first-order valence-corrected chi connectivity index (χ1v) is 5.88. The summed E-state index contributed by atoms with van der Waals surface area (Å²) in [6, 6.07) is 4.75. The van der Waals surface area contributed by atoms with Crippen LogP contribution < -0.4 is 14.8 Å². The Morgan fingerprint density at radius 1 is 1.50 bits per heavy atom. The summed E-state index contributed by atoms with van der Waals surface area (Å²) in [7, 11) is 1.40. The maximum atomic E-state index is 12.0. The number of hydrogen-bond acceptors (Lipinski definition) is 6. The third-order valence-corrected chi connectivity index (χ3v) is 2.43. The number of nitrogens with zero attached hydrogens (tertiary/aromatic N) is 2. The zero-order chi connectivity index (χ0) is 14.5. The zero-order valence-corrected chi connectivity index (χ0v) is 11.0. The van der Waals surface area contributed by atoms with E-state index >= 15 is 0 Å². The highest BCUT2D eigenvalue weighted by molar-refractivity contribution is 6.05. The number of aromatic nitrogens is 3. The molecule has 0 aliphatic rings. The van der Waals surface area contributed by atoms with Crippen LogP contribution in [-0.2, 0) is 0 Å². The number of benzene rings is 1. The number of H-pyrrole nitrogens is 1. The normalized spacial score (nSPS) is 10.1. The first-order chi connectivity index (χ1) is 9.65. The van der Waals surface area contributed by atoms with E-state index in [0.717, 1.165) is 0 Å². The van der Waals surface area contributed by atoms with Crippen molar-refractivity contribution in [1.29, 1.82) is 0 Å². The molecule has 0 spiro atoms. The topological polar surface area (TPSA) is 109 Å². The number of carbonyl (C=O) groups is 1. The van der Waals surface area contributed by atoms with Crippen LogP contribution in [-0.4, -0.2) is 39.9 Å². The number of phenolic OH excluding ortho intramolecular Hbond substituents is 1. The molecule has 0 atom stereocenters. The third-order valence-electron chi connectivity index (χ3n) is 2.43. The summed E-state index contributed by atoms with van der Waals surface area (Å²) in [6.07, 6.45) is 0. The highest BCUT2D eigenvalue weighted by atomic mass is 16.5. The number of para-hydroxylation sites is 1. The second-order valence-electron chi connectivity index (χ2n) is 3.71. The van der Waals surface area contributed by atoms with Crippen LogP contribution in [0.1, 0.15) is 17.3 Å². The van der Waals surface area contributed by atoms with Gasteiger partial charge in [0.25, 0.3) is 5.91 Å². The highest BCUT2D eigenvalue weighted by Crippen LogP contribution is 2.29. The molecule has 2 aromatic rings. The molecule has 1 aromatic heterocycles. The fourth-order valence-corrected chi connectivity index (χ4v) is 1.54. The van der Waals surface area contributed by atoms with E-state index in [2.05, 4.69) is 20.5 Å². The molecular formula is C12H14N4O4. The molecule has 106 valence electrons. The molecule has 0 radical (unpaired) electrons. The molecule has 2 rings (SSSR count). The smallest absolute Gasteiger partial charge is 0.337 e. The summed E-state index contributed by atoms with van der Waals surface area (Å²) >= 11 is 0. The lowest BCUT2D eigenvalue weighted by atomic mass is 10.1. The van der Waals surface area contributed by atoms with Crippen molar-refractivity contribution in [2.45, 2.75) is 6.92 Å². The van der Waals surface area contributed by atoms with Crippen LogP contribution >= 0.6 is 0 Å². The first kappa shape index (κ1) is 13.7. The van der Waals surface area contributed by atoms with Crippen molar-refractivity contribution in [3.63, 3.8) is 0 Å². The number of methoxy groups -OCH3 is 1.